The highest BCUT2D eigenvalue weighted by Gasteiger charge is 2.21. The summed E-state index contributed by atoms with van der Waals surface area (Å²) in [5, 5.41) is 6.83. The molecule has 1 amide bonds. The number of amides is 1. The van der Waals surface area contributed by atoms with Crippen molar-refractivity contribution in [3.8, 4) is 17.1 Å². The molecule has 130 valence electrons. The van der Waals surface area contributed by atoms with Gasteiger partial charge in [-0.25, -0.2) is 0 Å². The minimum Gasteiger partial charge on any atom is -0.497 e. The summed E-state index contributed by atoms with van der Waals surface area (Å²) < 4.78 is 15.9. The van der Waals surface area contributed by atoms with E-state index < -0.39 is 0 Å². The van der Waals surface area contributed by atoms with Gasteiger partial charge in [-0.05, 0) is 44.0 Å². The van der Waals surface area contributed by atoms with Crippen LogP contribution in [0.2, 0.25) is 0 Å². The Hall–Kier alpha value is -2.34. The van der Waals surface area contributed by atoms with E-state index in [9.17, 15) is 4.79 Å². The lowest BCUT2D eigenvalue weighted by Crippen LogP contribution is -2.26. The van der Waals surface area contributed by atoms with Gasteiger partial charge in [-0.3, -0.25) is 4.79 Å². The highest BCUT2D eigenvalue weighted by atomic mass is 16.5. The fourth-order valence-corrected chi connectivity index (χ4v) is 2.29. The fraction of sp³-hybridized carbons (Fsp3) is 0.444. The molecule has 0 aliphatic rings. The van der Waals surface area contributed by atoms with Crippen LogP contribution in [0.15, 0.2) is 28.8 Å². The van der Waals surface area contributed by atoms with Gasteiger partial charge >= 0.3 is 0 Å². The first-order valence-corrected chi connectivity index (χ1v) is 8.14. The third kappa shape index (κ3) is 4.58. The molecule has 0 bridgehead atoms. The third-order valence-corrected chi connectivity index (χ3v) is 3.54. The van der Waals surface area contributed by atoms with Gasteiger partial charge in [0.15, 0.2) is 5.76 Å². The number of methoxy groups -OCH3 is 1. The van der Waals surface area contributed by atoms with Crippen LogP contribution in [0.1, 0.15) is 35.8 Å². The molecule has 0 spiro atoms. The summed E-state index contributed by atoms with van der Waals surface area (Å²) in [4.78, 5) is 12.5. The normalized spacial score (nSPS) is 10.6. The van der Waals surface area contributed by atoms with Crippen LogP contribution in [0, 0.1) is 6.92 Å². The molecule has 0 saturated heterocycles. The quantitative estimate of drug-likeness (QED) is 0.714. The Bertz CT molecular complexity index is 650. The van der Waals surface area contributed by atoms with Crippen molar-refractivity contribution in [3.63, 3.8) is 0 Å². The number of carbonyl (C=O) groups excluding carboxylic acids is 1. The lowest BCUT2D eigenvalue weighted by atomic mass is 10.1. The second kappa shape index (κ2) is 9.08. The van der Waals surface area contributed by atoms with Gasteiger partial charge < -0.3 is 19.3 Å². The summed E-state index contributed by atoms with van der Waals surface area (Å²) in [7, 11) is 1.61. The Balaban J connectivity index is 2.01. The van der Waals surface area contributed by atoms with E-state index in [4.69, 9.17) is 14.0 Å². The number of hydrogen-bond donors (Lipinski definition) is 1. The lowest BCUT2D eigenvalue weighted by molar-refractivity contribution is 0.0941. The van der Waals surface area contributed by atoms with Crippen molar-refractivity contribution in [2.75, 3.05) is 26.9 Å². The van der Waals surface area contributed by atoms with Gasteiger partial charge in [0, 0.05) is 25.3 Å². The van der Waals surface area contributed by atoms with E-state index in [1.54, 1.807) is 14.0 Å². The molecule has 1 N–H and O–H groups in total. The molecule has 1 aromatic heterocycles. The van der Waals surface area contributed by atoms with Gasteiger partial charge in [-0.1, -0.05) is 12.1 Å². The van der Waals surface area contributed by atoms with Gasteiger partial charge in [-0.2, -0.15) is 0 Å². The van der Waals surface area contributed by atoms with Gasteiger partial charge in [0.05, 0.1) is 12.8 Å². The number of benzene rings is 1. The number of aromatic nitrogens is 1. The Kier molecular flexibility index (Phi) is 6.81. The molecular weight excluding hydrogens is 308 g/mol. The second-order valence-electron chi connectivity index (χ2n) is 5.42. The zero-order chi connectivity index (χ0) is 17.4. The van der Waals surface area contributed by atoms with Crippen molar-refractivity contribution in [1.29, 1.82) is 0 Å². The van der Waals surface area contributed by atoms with Crippen molar-refractivity contribution in [2.24, 2.45) is 0 Å². The largest absolute Gasteiger partial charge is 0.497 e. The van der Waals surface area contributed by atoms with E-state index in [1.165, 1.54) is 0 Å². The summed E-state index contributed by atoms with van der Waals surface area (Å²) in [6, 6.07) is 7.32. The Morgan fingerprint density at radius 1 is 1.25 bits per heavy atom. The minimum atomic E-state index is -0.185. The zero-order valence-corrected chi connectivity index (χ0v) is 14.4. The standard InChI is InChI=1S/C18H24N2O4/c1-4-11-23-12-5-10-19-18(21)16-13(2)20-24-17(16)14-6-8-15(22-3)9-7-14/h6-9H,4-5,10-12H2,1-3H3,(H,19,21). The molecule has 0 saturated carbocycles. The predicted molar refractivity (Wildman–Crippen MR) is 91.3 cm³/mol. The zero-order valence-electron chi connectivity index (χ0n) is 14.4. The van der Waals surface area contributed by atoms with Crippen LogP contribution in [0.25, 0.3) is 11.3 Å². The molecule has 0 radical (unpaired) electrons. The molecule has 2 aromatic rings. The molecule has 6 nitrogen and oxygen atoms in total. The average Bonchev–Trinajstić information content (AvgIpc) is 2.99. The SMILES string of the molecule is CCCOCCCNC(=O)c1c(C)noc1-c1ccc(OC)cc1. The van der Waals surface area contributed by atoms with Gasteiger partial charge in [-0.15, -0.1) is 0 Å². The van der Waals surface area contributed by atoms with Crippen LogP contribution in [0.3, 0.4) is 0 Å². The van der Waals surface area contributed by atoms with Crippen molar-refractivity contribution >= 4 is 5.91 Å². The van der Waals surface area contributed by atoms with E-state index in [1.807, 2.05) is 24.3 Å². The molecule has 0 unspecified atom stereocenters. The number of nitrogens with one attached hydrogen (secondary N) is 1. The first-order valence-electron chi connectivity index (χ1n) is 8.14. The maximum atomic E-state index is 12.5. The molecule has 1 aromatic carbocycles. The van der Waals surface area contributed by atoms with E-state index in [2.05, 4.69) is 17.4 Å². The highest BCUT2D eigenvalue weighted by Crippen LogP contribution is 2.27. The summed E-state index contributed by atoms with van der Waals surface area (Å²) in [5.41, 5.74) is 1.82. The van der Waals surface area contributed by atoms with Crippen molar-refractivity contribution in [3.05, 3.63) is 35.5 Å². The Morgan fingerprint density at radius 2 is 2.00 bits per heavy atom. The van der Waals surface area contributed by atoms with Crippen molar-refractivity contribution < 1.29 is 18.8 Å². The molecule has 1 heterocycles. The van der Waals surface area contributed by atoms with Crippen LogP contribution in [0.4, 0.5) is 0 Å². The first kappa shape index (κ1) is 18.0. The topological polar surface area (TPSA) is 73.6 Å². The summed E-state index contributed by atoms with van der Waals surface area (Å²) >= 11 is 0. The van der Waals surface area contributed by atoms with Gasteiger partial charge in [0.1, 0.15) is 11.3 Å². The number of hydrogen-bond acceptors (Lipinski definition) is 5. The number of aryl methyl sites for hydroxylation is 1. The van der Waals surface area contributed by atoms with E-state index in [0.717, 1.165) is 30.8 Å². The monoisotopic (exact) mass is 332 g/mol. The molecule has 0 aliphatic heterocycles. The fourth-order valence-electron chi connectivity index (χ4n) is 2.29. The number of rotatable bonds is 9. The molecule has 2 rings (SSSR count). The molecular formula is C18H24N2O4. The summed E-state index contributed by atoms with van der Waals surface area (Å²) in [6.07, 6.45) is 1.77. The predicted octanol–water partition coefficient (Wildman–Crippen LogP) is 3.21. The van der Waals surface area contributed by atoms with Gasteiger partial charge in [0.25, 0.3) is 5.91 Å². The molecule has 24 heavy (non-hydrogen) atoms. The van der Waals surface area contributed by atoms with Crippen molar-refractivity contribution in [1.82, 2.24) is 10.5 Å². The van der Waals surface area contributed by atoms with Crippen LogP contribution < -0.4 is 10.1 Å². The lowest BCUT2D eigenvalue weighted by Gasteiger charge is -2.07. The van der Waals surface area contributed by atoms with E-state index in [-0.39, 0.29) is 5.91 Å². The maximum Gasteiger partial charge on any atom is 0.257 e. The molecule has 0 aliphatic carbocycles. The van der Waals surface area contributed by atoms with Crippen molar-refractivity contribution in [2.45, 2.75) is 26.7 Å². The second-order valence-corrected chi connectivity index (χ2v) is 5.42. The molecule has 0 fully saturated rings. The van der Waals surface area contributed by atoms with Crippen LogP contribution in [-0.2, 0) is 4.74 Å². The number of carbonyl (C=O) groups is 1. The smallest absolute Gasteiger partial charge is 0.257 e. The number of ether oxygens (including phenoxy) is 2. The maximum absolute atomic E-state index is 12.5. The number of nitrogens with zero attached hydrogens (tertiary/aromatic N) is 1. The summed E-state index contributed by atoms with van der Waals surface area (Å²) in [5.74, 6) is 1.03. The molecule has 6 heteroatoms. The molecule has 0 atom stereocenters. The van der Waals surface area contributed by atoms with Crippen LogP contribution in [0.5, 0.6) is 5.75 Å². The Morgan fingerprint density at radius 3 is 2.67 bits per heavy atom. The van der Waals surface area contributed by atoms with E-state index in [0.29, 0.717) is 30.2 Å². The van der Waals surface area contributed by atoms with Crippen LogP contribution in [-0.4, -0.2) is 37.9 Å². The van der Waals surface area contributed by atoms with E-state index >= 15 is 0 Å². The summed E-state index contributed by atoms with van der Waals surface area (Å²) in [6.45, 7) is 5.77. The highest BCUT2D eigenvalue weighted by molar-refractivity contribution is 6.00. The van der Waals surface area contributed by atoms with Gasteiger partial charge in [0.2, 0.25) is 0 Å². The minimum absolute atomic E-state index is 0.185. The Labute approximate surface area is 142 Å². The first-order chi connectivity index (χ1) is 11.7. The average molecular weight is 332 g/mol. The third-order valence-electron chi connectivity index (χ3n) is 3.54. The van der Waals surface area contributed by atoms with Crippen LogP contribution >= 0.6 is 0 Å².